The molecule has 1 fully saturated rings. The van der Waals surface area contributed by atoms with Crippen LogP contribution in [0.15, 0.2) is 10.7 Å². The molecule has 1 saturated heterocycles. The fourth-order valence-corrected chi connectivity index (χ4v) is 3.25. The monoisotopic (exact) mass is 349 g/mol. The average molecular weight is 350 g/mol. The zero-order valence-corrected chi connectivity index (χ0v) is 13.5. The van der Waals surface area contributed by atoms with Crippen LogP contribution >= 0.6 is 15.9 Å². The van der Waals surface area contributed by atoms with Gasteiger partial charge in [0.25, 0.3) is 0 Å². The van der Waals surface area contributed by atoms with E-state index in [2.05, 4.69) is 26.3 Å². The summed E-state index contributed by atoms with van der Waals surface area (Å²) in [6.07, 6.45) is 1.98. The topological polar surface area (TPSA) is 48.3 Å². The van der Waals surface area contributed by atoms with Crippen LogP contribution in [0.4, 0.5) is 4.39 Å². The van der Waals surface area contributed by atoms with Gasteiger partial charge in [0.2, 0.25) is 0 Å². The minimum atomic E-state index is -1.48. The van der Waals surface area contributed by atoms with Gasteiger partial charge in [-0.2, -0.15) is 5.10 Å². The largest absolute Gasteiger partial charge is 0.383 e. The van der Waals surface area contributed by atoms with Crippen LogP contribution in [0.25, 0.3) is 0 Å². The Balaban J connectivity index is 2.12. The van der Waals surface area contributed by atoms with Crippen LogP contribution in [-0.2, 0) is 21.7 Å². The molecule has 7 heteroatoms. The normalized spacial score (nSPS) is 22.7. The maximum absolute atomic E-state index is 15.2. The lowest BCUT2D eigenvalue weighted by atomic mass is 9.95. The van der Waals surface area contributed by atoms with E-state index in [9.17, 15) is 0 Å². The SMILES string of the molecule is COCCn1ncc(Br)c1C(C)(F)CC1COCCN1. The number of halogens is 2. The molecule has 0 radical (unpaired) electrons. The molecule has 0 saturated carbocycles. The highest BCUT2D eigenvalue weighted by atomic mass is 79.9. The third-order valence-electron chi connectivity index (χ3n) is 3.42. The highest BCUT2D eigenvalue weighted by Crippen LogP contribution is 2.35. The molecule has 0 amide bonds. The molecule has 1 aromatic heterocycles. The molecule has 5 nitrogen and oxygen atoms in total. The Morgan fingerprint density at radius 2 is 2.50 bits per heavy atom. The summed E-state index contributed by atoms with van der Waals surface area (Å²) < 4.78 is 27.9. The summed E-state index contributed by atoms with van der Waals surface area (Å²) in [7, 11) is 1.62. The van der Waals surface area contributed by atoms with E-state index in [1.54, 1.807) is 24.9 Å². The predicted octanol–water partition coefficient (Wildman–Crippen LogP) is 1.86. The Morgan fingerprint density at radius 1 is 1.70 bits per heavy atom. The average Bonchev–Trinajstić information content (AvgIpc) is 2.79. The van der Waals surface area contributed by atoms with Gasteiger partial charge >= 0.3 is 0 Å². The highest BCUT2D eigenvalue weighted by molar-refractivity contribution is 9.10. The smallest absolute Gasteiger partial charge is 0.152 e. The second-order valence-electron chi connectivity index (χ2n) is 5.18. The third kappa shape index (κ3) is 3.78. The number of nitrogens with zero attached hydrogens (tertiary/aromatic N) is 2. The second kappa shape index (κ2) is 6.98. The summed E-state index contributed by atoms with van der Waals surface area (Å²) in [5.41, 5.74) is -0.927. The zero-order chi connectivity index (χ0) is 14.6. The Kier molecular flexibility index (Phi) is 5.54. The molecule has 2 unspecified atom stereocenters. The third-order valence-corrected chi connectivity index (χ3v) is 4.00. The van der Waals surface area contributed by atoms with Gasteiger partial charge in [0.05, 0.1) is 42.7 Å². The van der Waals surface area contributed by atoms with Gasteiger partial charge < -0.3 is 14.8 Å². The molecule has 0 spiro atoms. The molecule has 2 rings (SSSR count). The lowest BCUT2D eigenvalue weighted by Gasteiger charge is -2.30. The number of ether oxygens (including phenoxy) is 2. The summed E-state index contributed by atoms with van der Waals surface area (Å²) >= 11 is 3.39. The zero-order valence-electron chi connectivity index (χ0n) is 11.9. The molecule has 1 aromatic rings. The van der Waals surface area contributed by atoms with Gasteiger partial charge in [-0.05, 0) is 22.9 Å². The minimum absolute atomic E-state index is 0.0245. The highest BCUT2D eigenvalue weighted by Gasteiger charge is 2.35. The van der Waals surface area contributed by atoms with Crippen LogP contribution in [-0.4, -0.2) is 49.3 Å². The summed E-state index contributed by atoms with van der Waals surface area (Å²) in [5, 5.41) is 7.50. The molecule has 20 heavy (non-hydrogen) atoms. The van der Waals surface area contributed by atoms with E-state index in [0.29, 0.717) is 43.0 Å². The fourth-order valence-electron chi connectivity index (χ4n) is 2.54. The first-order chi connectivity index (χ1) is 9.54. The van der Waals surface area contributed by atoms with Crippen molar-refractivity contribution in [2.75, 3.05) is 33.5 Å². The number of aromatic nitrogens is 2. The van der Waals surface area contributed by atoms with Crippen LogP contribution < -0.4 is 5.32 Å². The molecule has 1 N–H and O–H groups in total. The van der Waals surface area contributed by atoms with Crippen LogP contribution in [0.3, 0.4) is 0 Å². The van der Waals surface area contributed by atoms with E-state index < -0.39 is 5.67 Å². The van der Waals surface area contributed by atoms with Crippen molar-refractivity contribution in [1.29, 1.82) is 0 Å². The number of nitrogens with one attached hydrogen (secondary N) is 1. The van der Waals surface area contributed by atoms with Crippen molar-refractivity contribution in [2.45, 2.75) is 31.6 Å². The first-order valence-electron chi connectivity index (χ1n) is 6.75. The summed E-state index contributed by atoms with van der Waals surface area (Å²) in [6, 6.07) is 0.0245. The summed E-state index contributed by atoms with van der Waals surface area (Å²) in [5.74, 6) is 0. The van der Waals surface area contributed by atoms with Crippen LogP contribution in [0.5, 0.6) is 0 Å². The van der Waals surface area contributed by atoms with Gasteiger partial charge in [0.15, 0.2) is 5.67 Å². The van der Waals surface area contributed by atoms with E-state index in [4.69, 9.17) is 9.47 Å². The number of rotatable bonds is 6. The first-order valence-corrected chi connectivity index (χ1v) is 7.54. The molecule has 114 valence electrons. The standard InChI is InChI=1S/C13H21BrFN3O2/c1-13(15,7-10-9-20-5-3-16-10)12-11(14)8-17-18(12)4-6-19-2/h8,10,16H,3-7,9H2,1-2H3. The molecule has 1 aliphatic rings. The maximum atomic E-state index is 15.2. The molecule has 2 atom stereocenters. The van der Waals surface area contributed by atoms with E-state index in [0.717, 1.165) is 6.54 Å². The van der Waals surface area contributed by atoms with Crippen LogP contribution in [0.1, 0.15) is 19.0 Å². The molecular formula is C13H21BrFN3O2. The Morgan fingerprint density at radius 3 is 3.15 bits per heavy atom. The Labute approximate surface area is 126 Å². The number of morpholine rings is 1. The van der Waals surface area contributed by atoms with Gasteiger partial charge in [-0.25, -0.2) is 4.39 Å². The quantitative estimate of drug-likeness (QED) is 0.851. The van der Waals surface area contributed by atoms with Crippen LogP contribution in [0, 0.1) is 0 Å². The van der Waals surface area contributed by atoms with Gasteiger partial charge in [-0.15, -0.1) is 0 Å². The minimum Gasteiger partial charge on any atom is -0.383 e. The maximum Gasteiger partial charge on any atom is 0.152 e. The molecule has 1 aliphatic heterocycles. The summed E-state index contributed by atoms with van der Waals surface area (Å²) in [6.45, 7) is 4.63. The van der Waals surface area contributed by atoms with Crippen molar-refractivity contribution in [3.63, 3.8) is 0 Å². The molecule has 2 heterocycles. The van der Waals surface area contributed by atoms with Crippen molar-refractivity contribution in [3.8, 4) is 0 Å². The van der Waals surface area contributed by atoms with Crippen LogP contribution in [0.2, 0.25) is 0 Å². The van der Waals surface area contributed by atoms with E-state index in [1.165, 1.54) is 0 Å². The molecular weight excluding hydrogens is 329 g/mol. The molecule has 0 aliphatic carbocycles. The van der Waals surface area contributed by atoms with E-state index >= 15 is 4.39 Å². The molecule has 0 bridgehead atoms. The van der Waals surface area contributed by atoms with Crippen molar-refractivity contribution < 1.29 is 13.9 Å². The Hall–Kier alpha value is -0.500. The van der Waals surface area contributed by atoms with Crippen molar-refractivity contribution in [1.82, 2.24) is 15.1 Å². The van der Waals surface area contributed by atoms with Crippen molar-refractivity contribution in [3.05, 3.63) is 16.4 Å². The van der Waals surface area contributed by atoms with Gasteiger partial charge in [0, 0.05) is 26.1 Å². The van der Waals surface area contributed by atoms with E-state index in [1.807, 2.05) is 0 Å². The van der Waals surface area contributed by atoms with Crippen molar-refractivity contribution >= 4 is 15.9 Å². The number of alkyl halides is 1. The van der Waals surface area contributed by atoms with Crippen molar-refractivity contribution in [2.24, 2.45) is 0 Å². The number of methoxy groups -OCH3 is 1. The first kappa shape index (κ1) is 15.9. The predicted molar refractivity (Wildman–Crippen MR) is 77.5 cm³/mol. The Bertz CT molecular complexity index is 433. The number of hydrogen-bond donors (Lipinski definition) is 1. The van der Waals surface area contributed by atoms with Gasteiger partial charge in [-0.3, -0.25) is 4.68 Å². The fraction of sp³-hybridized carbons (Fsp3) is 0.769. The van der Waals surface area contributed by atoms with Gasteiger partial charge in [-0.1, -0.05) is 0 Å². The second-order valence-corrected chi connectivity index (χ2v) is 6.04. The molecule has 0 aromatic carbocycles. The lowest BCUT2D eigenvalue weighted by Crippen LogP contribution is -2.44. The number of hydrogen-bond acceptors (Lipinski definition) is 4. The lowest BCUT2D eigenvalue weighted by molar-refractivity contribution is 0.0442. The summed E-state index contributed by atoms with van der Waals surface area (Å²) in [4.78, 5) is 0. The van der Waals surface area contributed by atoms with E-state index in [-0.39, 0.29) is 6.04 Å². The van der Waals surface area contributed by atoms with Gasteiger partial charge in [0.1, 0.15) is 0 Å².